The van der Waals surface area contributed by atoms with Crippen LogP contribution in [0.2, 0.25) is 5.02 Å². The molecule has 44 heavy (non-hydrogen) atoms. The van der Waals surface area contributed by atoms with Crippen molar-refractivity contribution >= 4 is 39.1 Å². The van der Waals surface area contributed by atoms with Gasteiger partial charge in [-0.3, -0.25) is 13.9 Å². The van der Waals surface area contributed by atoms with Gasteiger partial charge in [0.15, 0.2) is 11.5 Å². The number of hydrogen-bond acceptors (Lipinski definition) is 7. The van der Waals surface area contributed by atoms with Crippen LogP contribution in [0.1, 0.15) is 33.3 Å². The van der Waals surface area contributed by atoms with E-state index < -0.39 is 28.5 Å². The van der Waals surface area contributed by atoms with Crippen molar-refractivity contribution in [3.05, 3.63) is 77.3 Å². The summed E-state index contributed by atoms with van der Waals surface area (Å²) in [5.74, 6) is 0.330. The van der Waals surface area contributed by atoms with Crippen LogP contribution in [0.3, 0.4) is 0 Å². The largest absolute Gasteiger partial charge is 0.494 e. The molecule has 0 saturated carbocycles. The molecule has 0 fully saturated rings. The van der Waals surface area contributed by atoms with Crippen LogP contribution in [0.5, 0.6) is 17.2 Å². The Bertz CT molecular complexity index is 1530. The molecular weight excluding hydrogens is 606 g/mol. The van der Waals surface area contributed by atoms with Crippen LogP contribution in [-0.2, 0) is 26.2 Å². The first-order valence-corrected chi connectivity index (χ1v) is 16.0. The van der Waals surface area contributed by atoms with E-state index in [0.29, 0.717) is 35.2 Å². The average Bonchev–Trinajstić information content (AvgIpc) is 3.01. The van der Waals surface area contributed by atoms with Gasteiger partial charge in [-0.1, -0.05) is 43.6 Å². The highest BCUT2D eigenvalue weighted by atomic mass is 35.5. The zero-order chi connectivity index (χ0) is 32.4. The average molecular weight is 646 g/mol. The summed E-state index contributed by atoms with van der Waals surface area (Å²) in [6.45, 7) is 7.61. The highest BCUT2D eigenvalue weighted by Crippen LogP contribution is 2.33. The number of amides is 2. The van der Waals surface area contributed by atoms with Gasteiger partial charge in [0, 0.05) is 24.2 Å². The van der Waals surface area contributed by atoms with Crippen LogP contribution in [0.4, 0.5) is 5.69 Å². The molecule has 3 aromatic carbocycles. The Morgan fingerprint density at radius 1 is 0.932 bits per heavy atom. The van der Waals surface area contributed by atoms with E-state index >= 15 is 0 Å². The number of carbonyl (C=O) groups is 2. The molecular formula is C32H40ClN3O7S. The molecule has 0 heterocycles. The molecule has 12 heteroatoms. The topological polar surface area (TPSA) is 114 Å². The third-order valence-corrected chi connectivity index (χ3v) is 8.95. The summed E-state index contributed by atoms with van der Waals surface area (Å²) in [7, 11) is -1.48. The van der Waals surface area contributed by atoms with E-state index in [1.807, 2.05) is 20.8 Å². The second-order valence-corrected chi connectivity index (χ2v) is 12.7. The van der Waals surface area contributed by atoms with Crippen molar-refractivity contribution < 1.29 is 32.2 Å². The number of sulfonamides is 1. The van der Waals surface area contributed by atoms with Crippen LogP contribution in [0, 0.1) is 5.92 Å². The number of halogens is 1. The highest BCUT2D eigenvalue weighted by Gasteiger charge is 2.33. The van der Waals surface area contributed by atoms with E-state index in [4.69, 9.17) is 25.8 Å². The lowest BCUT2D eigenvalue weighted by atomic mass is 10.1. The molecule has 238 valence electrons. The highest BCUT2D eigenvalue weighted by molar-refractivity contribution is 7.92. The molecule has 0 aromatic heterocycles. The van der Waals surface area contributed by atoms with Gasteiger partial charge in [-0.2, -0.15) is 0 Å². The number of nitrogens with one attached hydrogen (secondary N) is 1. The fraction of sp³-hybridized carbons (Fsp3) is 0.375. The summed E-state index contributed by atoms with van der Waals surface area (Å²) in [6.07, 6.45) is 0. The lowest BCUT2D eigenvalue weighted by Gasteiger charge is -2.32. The van der Waals surface area contributed by atoms with Gasteiger partial charge in [-0.05, 0) is 67.8 Å². The summed E-state index contributed by atoms with van der Waals surface area (Å²) >= 11 is 6.43. The Morgan fingerprint density at radius 2 is 1.59 bits per heavy atom. The third kappa shape index (κ3) is 8.57. The first-order chi connectivity index (χ1) is 20.9. The van der Waals surface area contributed by atoms with Crippen molar-refractivity contribution in [1.29, 1.82) is 0 Å². The van der Waals surface area contributed by atoms with Crippen molar-refractivity contribution in [3.63, 3.8) is 0 Å². The first-order valence-electron chi connectivity index (χ1n) is 14.2. The molecule has 1 atom stereocenters. The number of carbonyl (C=O) groups excluding carboxylic acids is 2. The number of anilines is 1. The molecule has 10 nitrogen and oxygen atoms in total. The SMILES string of the molecule is CCOc1ccc(N(CC(=O)N(Cc2ccccc2Cl)[C@H](C)C(=O)NCC(C)C)S(=O)(=O)c2ccc(OC)c(OC)c2)cc1. The van der Waals surface area contributed by atoms with Crippen molar-refractivity contribution in [3.8, 4) is 17.2 Å². The Kier molecular flexibility index (Phi) is 12.3. The van der Waals surface area contributed by atoms with Gasteiger partial charge < -0.3 is 24.4 Å². The minimum atomic E-state index is -4.33. The maximum atomic E-state index is 14.2. The first kappa shape index (κ1) is 34.5. The number of hydrogen-bond donors (Lipinski definition) is 1. The van der Waals surface area contributed by atoms with Gasteiger partial charge in [0.05, 0.1) is 31.4 Å². The molecule has 0 radical (unpaired) electrons. The van der Waals surface area contributed by atoms with Crippen molar-refractivity contribution in [2.24, 2.45) is 5.92 Å². The Hall–Kier alpha value is -3.96. The van der Waals surface area contributed by atoms with E-state index in [1.54, 1.807) is 55.5 Å². The Balaban J connectivity index is 2.08. The van der Waals surface area contributed by atoms with Crippen LogP contribution in [-0.4, -0.2) is 65.1 Å². The second-order valence-electron chi connectivity index (χ2n) is 10.4. The smallest absolute Gasteiger partial charge is 0.264 e. The number of nitrogens with zero attached hydrogens (tertiary/aromatic N) is 2. The number of methoxy groups -OCH3 is 2. The monoisotopic (exact) mass is 645 g/mol. The summed E-state index contributed by atoms with van der Waals surface area (Å²) in [4.78, 5) is 28.5. The fourth-order valence-electron chi connectivity index (χ4n) is 4.35. The maximum absolute atomic E-state index is 14.2. The van der Waals surface area contributed by atoms with Crippen molar-refractivity contribution in [1.82, 2.24) is 10.2 Å². The minimum Gasteiger partial charge on any atom is -0.494 e. The molecule has 3 aromatic rings. The van der Waals surface area contributed by atoms with E-state index in [0.717, 1.165) is 4.31 Å². The van der Waals surface area contributed by atoms with Gasteiger partial charge in [-0.25, -0.2) is 8.42 Å². The predicted octanol–water partition coefficient (Wildman–Crippen LogP) is 5.14. The summed E-state index contributed by atoms with van der Waals surface area (Å²) in [5, 5.41) is 3.28. The Labute approximate surface area is 264 Å². The molecule has 0 aliphatic carbocycles. The molecule has 2 amide bonds. The summed E-state index contributed by atoms with van der Waals surface area (Å²) in [5.41, 5.74) is 0.840. The summed E-state index contributed by atoms with van der Waals surface area (Å²) < 4.78 is 45.5. The molecule has 1 N–H and O–H groups in total. The fourth-order valence-corrected chi connectivity index (χ4v) is 5.98. The van der Waals surface area contributed by atoms with Gasteiger partial charge in [-0.15, -0.1) is 0 Å². The zero-order valence-corrected chi connectivity index (χ0v) is 27.4. The normalized spacial score (nSPS) is 11.9. The quantitative estimate of drug-likeness (QED) is 0.243. The predicted molar refractivity (Wildman–Crippen MR) is 171 cm³/mol. The van der Waals surface area contributed by atoms with E-state index in [-0.39, 0.29) is 34.7 Å². The van der Waals surface area contributed by atoms with Gasteiger partial charge in [0.1, 0.15) is 18.3 Å². The number of rotatable bonds is 15. The van der Waals surface area contributed by atoms with Gasteiger partial charge in [0.2, 0.25) is 11.8 Å². The van der Waals surface area contributed by atoms with Crippen molar-refractivity contribution in [2.45, 2.75) is 45.2 Å². The molecule has 0 bridgehead atoms. The van der Waals surface area contributed by atoms with E-state index in [9.17, 15) is 18.0 Å². The van der Waals surface area contributed by atoms with Crippen LogP contribution >= 0.6 is 11.6 Å². The molecule has 0 unspecified atom stereocenters. The Morgan fingerprint density at radius 3 is 2.18 bits per heavy atom. The van der Waals surface area contributed by atoms with Gasteiger partial charge in [0.25, 0.3) is 10.0 Å². The maximum Gasteiger partial charge on any atom is 0.264 e. The van der Waals surface area contributed by atoms with Crippen LogP contribution in [0.15, 0.2) is 71.6 Å². The van der Waals surface area contributed by atoms with Gasteiger partial charge >= 0.3 is 0 Å². The molecule has 0 saturated heterocycles. The zero-order valence-electron chi connectivity index (χ0n) is 25.9. The van der Waals surface area contributed by atoms with Crippen LogP contribution < -0.4 is 23.8 Å². The number of ether oxygens (including phenoxy) is 3. The molecule has 0 aliphatic heterocycles. The molecule has 0 aliphatic rings. The lowest BCUT2D eigenvalue weighted by Crippen LogP contribution is -2.51. The third-order valence-electron chi connectivity index (χ3n) is 6.81. The van der Waals surface area contributed by atoms with Crippen molar-refractivity contribution in [2.75, 3.05) is 38.2 Å². The van der Waals surface area contributed by atoms with E-state index in [1.165, 1.54) is 37.3 Å². The van der Waals surface area contributed by atoms with Crippen LogP contribution in [0.25, 0.3) is 0 Å². The number of benzene rings is 3. The molecule has 0 spiro atoms. The molecule has 3 rings (SSSR count). The van der Waals surface area contributed by atoms with E-state index in [2.05, 4.69) is 5.32 Å². The summed E-state index contributed by atoms with van der Waals surface area (Å²) in [6, 6.07) is 16.6. The minimum absolute atomic E-state index is 0.0116. The lowest BCUT2D eigenvalue weighted by molar-refractivity contribution is -0.139. The second kappa shape index (κ2) is 15.7. The standard InChI is InChI=1S/C32H40ClN3O7S/c1-7-43-26-14-12-25(13-15-26)36(44(39,40)27-16-17-29(41-5)30(18-27)42-6)21-31(37)35(20-24-10-8-9-11-28(24)33)23(4)32(38)34-19-22(2)3/h8-18,22-23H,7,19-21H2,1-6H3,(H,34,38)/t23-/m1/s1.